The quantitative estimate of drug-likeness (QED) is 0.324. The lowest BCUT2D eigenvalue weighted by atomic mass is 9.95. The molecule has 0 aromatic heterocycles. The van der Waals surface area contributed by atoms with E-state index in [2.05, 4.69) is 23.1 Å². The zero-order valence-corrected chi connectivity index (χ0v) is 23.2. The van der Waals surface area contributed by atoms with Gasteiger partial charge in [-0.25, -0.2) is 8.78 Å². The molecule has 2 fully saturated rings. The summed E-state index contributed by atoms with van der Waals surface area (Å²) in [5, 5.41) is 0. The average Bonchev–Trinajstić information content (AvgIpc) is 2.93. The Labute approximate surface area is 240 Å². The maximum Gasteiger partial charge on any atom is 0.243 e. The Morgan fingerprint density at radius 1 is 0.750 bits per heavy atom. The normalized spacial score (nSPS) is 16.6. The van der Waals surface area contributed by atoms with E-state index in [9.17, 15) is 18.4 Å². The number of amides is 2. The number of likely N-dealkylation sites (tertiary alicyclic amines) is 1. The van der Waals surface area contributed by atoms with Crippen molar-refractivity contribution in [1.82, 2.24) is 14.7 Å². The number of carbonyl (C=O) groups is 2. The predicted molar refractivity (Wildman–Crippen MR) is 156 cm³/mol. The summed E-state index contributed by atoms with van der Waals surface area (Å²) in [4.78, 5) is 30.8. The van der Waals surface area contributed by atoms with E-state index in [4.69, 9.17) is 0 Å². The smallest absolute Gasteiger partial charge is 0.243 e. The molecule has 3 aromatic carbocycles. The van der Waals surface area contributed by atoms with Gasteiger partial charge in [-0.3, -0.25) is 19.4 Å². The van der Waals surface area contributed by atoms with Gasteiger partial charge in [0.15, 0.2) is 0 Å². The van der Waals surface area contributed by atoms with E-state index in [1.54, 1.807) is 23.1 Å². The lowest BCUT2D eigenvalue weighted by molar-refractivity contribution is -0.151. The van der Waals surface area contributed by atoms with Crippen LogP contribution in [0.4, 0.5) is 8.78 Å². The third kappa shape index (κ3) is 7.42. The maximum atomic E-state index is 14.0. The molecule has 2 aliphatic rings. The standard InChI is InChI=1S/C32H33F2N3O2.ClH/c33-28-12-10-25(11-13-28)29-8-3-1-6-26(29)20-24-14-18-35(19-15-24)16-5-17-37-31(38)22-36(23-32(37)39)21-27-7-2-4-9-30(27)34;/h1-4,6-13,20H,5,14-19,21-23H2;1H. The van der Waals surface area contributed by atoms with Crippen molar-refractivity contribution in [2.75, 3.05) is 39.3 Å². The molecule has 210 valence electrons. The van der Waals surface area contributed by atoms with Crippen LogP contribution in [-0.2, 0) is 16.1 Å². The molecule has 2 amide bonds. The number of imide groups is 1. The number of hydrogen-bond donors (Lipinski definition) is 0. The summed E-state index contributed by atoms with van der Waals surface area (Å²) in [6, 6.07) is 21.3. The van der Waals surface area contributed by atoms with Crippen LogP contribution in [0.15, 0.2) is 78.4 Å². The minimum Gasteiger partial charge on any atom is -0.303 e. The highest BCUT2D eigenvalue weighted by Crippen LogP contribution is 2.28. The van der Waals surface area contributed by atoms with Crippen LogP contribution >= 0.6 is 12.4 Å². The summed E-state index contributed by atoms with van der Waals surface area (Å²) in [6.07, 6.45) is 4.92. The second-order valence-electron chi connectivity index (χ2n) is 10.3. The van der Waals surface area contributed by atoms with Gasteiger partial charge in [-0.05, 0) is 60.7 Å². The van der Waals surface area contributed by atoms with Gasteiger partial charge in [0.1, 0.15) is 11.6 Å². The van der Waals surface area contributed by atoms with E-state index >= 15 is 0 Å². The van der Waals surface area contributed by atoms with E-state index in [1.807, 2.05) is 24.3 Å². The van der Waals surface area contributed by atoms with Crippen LogP contribution in [-0.4, -0.2) is 65.8 Å². The molecule has 0 spiro atoms. The second kappa shape index (κ2) is 13.8. The first kappa shape index (κ1) is 29.6. The lowest BCUT2D eigenvalue weighted by Gasteiger charge is -2.33. The summed E-state index contributed by atoms with van der Waals surface area (Å²) < 4.78 is 27.3. The molecule has 3 aromatic rings. The number of piperidine rings is 1. The van der Waals surface area contributed by atoms with Crippen molar-refractivity contribution < 1.29 is 18.4 Å². The monoisotopic (exact) mass is 565 g/mol. The average molecular weight is 566 g/mol. The summed E-state index contributed by atoms with van der Waals surface area (Å²) in [6.45, 7) is 3.60. The van der Waals surface area contributed by atoms with E-state index in [0.717, 1.165) is 55.6 Å². The van der Waals surface area contributed by atoms with Crippen LogP contribution in [0.3, 0.4) is 0 Å². The second-order valence-corrected chi connectivity index (χ2v) is 10.3. The lowest BCUT2D eigenvalue weighted by Crippen LogP contribution is -2.54. The van der Waals surface area contributed by atoms with Crippen LogP contribution in [0.1, 0.15) is 30.4 Å². The molecule has 2 saturated heterocycles. The number of benzene rings is 3. The van der Waals surface area contributed by atoms with Crippen molar-refractivity contribution in [3.8, 4) is 11.1 Å². The topological polar surface area (TPSA) is 43.9 Å². The Kier molecular flexibility index (Phi) is 10.2. The van der Waals surface area contributed by atoms with Gasteiger partial charge in [0.2, 0.25) is 11.8 Å². The third-order valence-corrected chi connectivity index (χ3v) is 7.50. The van der Waals surface area contributed by atoms with Gasteiger partial charge < -0.3 is 4.90 Å². The minimum absolute atomic E-state index is 0. The number of carbonyl (C=O) groups excluding carboxylic acids is 2. The molecular weight excluding hydrogens is 532 g/mol. The molecule has 0 aliphatic carbocycles. The number of rotatable bonds is 8. The van der Waals surface area contributed by atoms with Gasteiger partial charge in [-0.2, -0.15) is 0 Å². The first-order chi connectivity index (χ1) is 19.0. The van der Waals surface area contributed by atoms with Gasteiger partial charge in [0, 0.05) is 31.7 Å². The fraction of sp³-hybridized carbons (Fsp3) is 0.312. The fourth-order valence-electron chi connectivity index (χ4n) is 5.37. The molecule has 8 heteroatoms. The van der Waals surface area contributed by atoms with Crippen molar-refractivity contribution in [2.45, 2.75) is 25.8 Å². The van der Waals surface area contributed by atoms with E-state index in [1.165, 1.54) is 28.7 Å². The predicted octanol–water partition coefficient (Wildman–Crippen LogP) is 5.79. The highest BCUT2D eigenvalue weighted by atomic mass is 35.5. The van der Waals surface area contributed by atoms with Gasteiger partial charge >= 0.3 is 0 Å². The van der Waals surface area contributed by atoms with Crippen LogP contribution in [0.5, 0.6) is 0 Å². The van der Waals surface area contributed by atoms with E-state index in [0.29, 0.717) is 12.1 Å². The van der Waals surface area contributed by atoms with Gasteiger partial charge in [0.25, 0.3) is 0 Å². The largest absolute Gasteiger partial charge is 0.303 e. The van der Waals surface area contributed by atoms with Crippen molar-refractivity contribution in [2.24, 2.45) is 0 Å². The van der Waals surface area contributed by atoms with Crippen molar-refractivity contribution in [1.29, 1.82) is 0 Å². The number of halogens is 3. The Hall–Kier alpha value is -3.39. The SMILES string of the molecule is Cl.O=C1CN(Cc2ccccc2F)CC(=O)N1CCCN1CCC(=Cc2ccccc2-c2ccc(F)cc2)CC1. The molecule has 0 radical (unpaired) electrons. The molecule has 5 nitrogen and oxygen atoms in total. The molecule has 0 saturated carbocycles. The molecule has 0 bridgehead atoms. The Morgan fingerprint density at radius 2 is 1.40 bits per heavy atom. The van der Waals surface area contributed by atoms with Crippen molar-refractivity contribution in [3.63, 3.8) is 0 Å². The number of piperazine rings is 1. The van der Waals surface area contributed by atoms with Crippen LogP contribution < -0.4 is 0 Å². The Balaban J connectivity index is 0.00000370. The Morgan fingerprint density at radius 3 is 2.10 bits per heavy atom. The highest BCUT2D eigenvalue weighted by Gasteiger charge is 2.31. The van der Waals surface area contributed by atoms with Crippen LogP contribution in [0.25, 0.3) is 17.2 Å². The first-order valence-corrected chi connectivity index (χ1v) is 13.5. The summed E-state index contributed by atoms with van der Waals surface area (Å²) in [5.41, 5.74) is 5.11. The minimum atomic E-state index is -0.323. The highest BCUT2D eigenvalue weighted by molar-refractivity contribution is 5.99. The van der Waals surface area contributed by atoms with Gasteiger partial charge in [-0.1, -0.05) is 66.2 Å². The van der Waals surface area contributed by atoms with Gasteiger partial charge in [-0.15, -0.1) is 12.4 Å². The van der Waals surface area contributed by atoms with Crippen molar-refractivity contribution in [3.05, 3.63) is 101 Å². The fourth-order valence-corrected chi connectivity index (χ4v) is 5.37. The molecule has 2 aliphatic heterocycles. The van der Waals surface area contributed by atoms with E-state index < -0.39 is 0 Å². The third-order valence-electron chi connectivity index (χ3n) is 7.50. The zero-order chi connectivity index (χ0) is 27.2. The van der Waals surface area contributed by atoms with Crippen LogP contribution in [0, 0.1) is 11.6 Å². The molecule has 40 heavy (non-hydrogen) atoms. The van der Waals surface area contributed by atoms with Crippen LogP contribution in [0.2, 0.25) is 0 Å². The summed E-state index contributed by atoms with van der Waals surface area (Å²) in [5.74, 6) is -0.994. The van der Waals surface area contributed by atoms with Crippen molar-refractivity contribution >= 4 is 30.3 Å². The Bertz CT molecular complexity index is 1330. The maximum absolute atomic E-state index is 14.0. The molecule has 2 heterocycles. The van der Waals surface area contributed by atoms with E-state index in [-0.39, 0.29) is 55.5 Å². The summed E-state index contributed by atoms with van der Waals surface area (Å²) >= 11 is 0. The molecule has 0 unspecified atom stereocenters. The molecule has 0 atom stereocenters. The zero-order valence-electron chi connectivity index (χ0n) is 22.4. The number of nitrogens with zero attached hydrogens (tertiary/aromatic N) is 3. The molecule has 5 rings (SSSR count). The number of hydrogen-bond acceptors (Lipinski definition) is 4. The van der Waals surface area contributed by atoms with Gasteiger partial charge in [0.05, 0.1) is 13.1 Å². The first-order valence-electron chi connectivity index (χ1n) is 13.5. The molecular formula is C32H34ClF2N3O2. The summed E-state index contributed by atoms with van der Waals surface area (Å²) in [7, 11) is 0. The molecule has 0 N–H and O–H groups in total.